The molecule has 0 aromatic heterocycles. The van der Waals surface area contributed by atoms with Gasteiger partial charge in [0.15, 0.2) is 58.3 Å². The number of carbonyl (C=O) groups excluding carboxylic acids is 2. The minimum Gasteiger partial charge on any atom is -0.504 e. The van der Waals surface area contributed by atoms with Crippen LogP contribution in [-0.4, -0.2) is 148 Å². The Morgan fingerprint density at radius 2 is 0.935 bits per heavy atom. The second-order valence-corrected chi connectivity index (χ2v) is 27.4. The molecule has 5 saturated carbocycles. The molecule has 8 aliphatic carbocycles. The highest BCUT2D eigenvalue weighted by Gasteiger charge is 2.72. The predicted molar refractivity (Wildman–Crippen MR) is 297 cm³/mol. The molecule has 0 amide bonds. The monoisotopic (exact) mass is 1060 g/mol. The van der Waals surface area contributed by atoms with E-state index in [0.717, 1.165) is 107 Å². The normalized spacial score (nSPS) is 42.2. The number of phenolic OH excluding ortho intramolecular Hbond substituents is 3. The number of aromatic hydroxyl groups is 3. The van der Waals surface area contributed by atoms with Crippen molar-refractivity contribution in [2.24, 2.45) is 29.6 Å². The average molecular weight is 1060 g/mol. The number of aliphatic hydroxyl groups is 1. The highest BCUT2D eigenvalue weighted by molar-refractivity contribution is 5.90. The standard InChI is InChI=1S/2C21H25NO3.C20H25NO3.3CH4/c2*1-22(11-12-2-3-12)9-8-21-14-5-7-17(24)20(21)25-19-16(23)6-4-13(18(19)21)10-15(14)22;1-3-9-21(2)10-8-20-13-5-7-16(23)19(20)24-18-15(22)6-4-12(17(18)20)11-14(13)21;;;/h2*4,6,12,14-15,20H,2-3,5,7-11H2,1H3;3-4,6,13-14,16,19,23H,1,5,7-11H2,2H3;3*1H4/p+3/t14?,15?,20?,21-,22+;14?,15?,20?,21-,22-;13?,14?,16-,19?,20-,21-;;;/m111.../s1. The number of Topliss-reactive ketones (excluding diaryl/α,β-unsaturated/α-hetero) is 2. The van der Waals surface area contributed by atoms with Crippen molar-refractivity contribution in [2.45, 2.75) is 184 Å². The number of ketones is 2. The van der Waals surface area contributed by atoms with Crippen LogP contribution in [0.1, 0.15) is 139 Å². The van der Waals surface area contributed by atoms with Crippen molar-refractivity contribution in [2.75, 3.05) is 60.4 Å². The molecule has 6 heterocycles. The number of aliphatic hydroxyl groups excluding tert-OH is 1. The molecule has 0 radical (unpaired) electrons. The third-order valence-corrected chi connectivity index (χ3v) is 23.8. The van der Waals surface area contributed by atoms with Gasteiger partial charge in [-0.2, -0.15) is 0 Å². The van der Waals surface area contributed by atoms with E-state index in [1.807, 2.05) is 0 Å². The Hall–Kier alpha value is -4.62. The molecule has 6 bridgehead atoms. The Balaban J connectivity index is 0.000000114. The zero-order valence-corrected chi connectivity index (χ0v) is 43.9. The van der Waals surface area contributed by atoms with E-state index in [1.165, 1.54) is 81.1 Å². The molecule has 3 saturated heterocycles. The summed E-state index contributed by atoms with van der Waals surface area (Å²) in [6, 6.07) is 13.3. The number of benzene rings is 3. The first kappa shape index (κ1) is 53.0. The van der Waals surface area contributed by atoms with Crippen molar-refractivity contribution in [3.63, 3.8) is 0 Å². The van der Waals surface area contributed by atoms with Crippen LogP contribution in [0.25, 0.3) is 0 Å². The predicted octanol–water partition coefficient (Wildman–Crippen LogP) is 9.14. The molecule has 9 unspecified atom stereocenters. The maximum Gasteiger partial charge on any atom is 0.174 e. The molecule has 3 aromatic carbocycles. The quantitative estimate of drug-likeness (QED) is 0.141. The maximum atomic E-state index is 12.8. The summed E-state index contributed by atoms with van der Waals surface area (Å²) in [5.41, 5.74) is 7.15. The molecule has 4 N–H and O–H groups in total. The second kappa shape index (κ2) is 17.7. The number of nitrogens with zero attached hydrogens (tertiary/aromatic N) is 3. The number of ether oxygens (including phenoxy) is 3. The Bertz CT molecular complexity index is 2820. The molecule has 6 aliphatic heterocycles. The fourth-order valence-electron chi connectivity index (χ4n) is 20.3. The van der Waals surface area contributed by atoms with Crippen LogP contribution < -0.4 is 14.2 Å². The van der Waals surface area contributed by atoms with E-state index in [4.69, 9.17) is 14.2 Å². The summed E-state index contributed by atoms with van der Waals surface area (Å²) < 4.78 is 22.0. The van der Waals surface area contributed by atoms with Crippen LogP contribution in [-0.2, 0) is 45.1 Å². The minimum absolute atomic E-state index is 0. The number of hydrogen-bond donors (Lipinski definition) is 4. The molecule has 17 rings (SSSR count). The topological polar surface area (TPSA) is 143 Å². The number of likely N-dealkylation sites (N-methyl/N-ethyl adjacent to an activating group) is 3. The fourth-order valence-corrected chi connectivity index (χ4v) is 20.3. The summed E-state index contributed by atoms with van der Waals surface area (Å²) in [5.74, 6) is 6.44. The molecule has 3 spiro atoms. The molecule has 16 atom stereocenters. The summed E-state index contributed by atoms with van der Waals surface area (Å²) in [7, 11) is 7.29. The number of quaternary nitrogens is 3. The van der Waals surface area contributed by atoms with Crippen LogP contribution in [0.15, 0.2) is 49.1 Å². The Kier molecular flexibility index (Phi) is 12.2. The van der Waals surface area contributed by atoms with Crippen molar-refractivity contribution in [1.82, 2.24) is 0 Å². The van der Waals surface area contributed by atoms with E-state index in [9.17, 15) is 30.0 Å². The van der Waals surface area contributed by atoms with Crippen LogP contribution in [0, 0.1) is 29.6 Å². The lowest BCUT2D eigenvalue weighted by molar-refractivity contribution is -0.946. The van der Waals surface area contributed by atoms with E-state index < -0.39 is 6.10 Å². The minimum atomic E-state index is -0.434. The molecule has 12 nitrogen and oxygen atoms in total. The van der Waals surface area contributed by atoms with Gasteiger partial charge in [-0.25, -0.2) is 0 Å². The van der Waals surface area contributed by atoms with Gasteiger partial charge in [0.05, 0.1) is 101 Å². The summed E-state index contributed by atoms with van der Waals surface area (Å²) in [6.45, 7) is 10.9. The van der Waals surface area contributed by atoms with Gasteiger partial charge >= 0.3 is 0 Å². The van der Waals surface area contributed by atoms with Crippen molar-refractivity contribution >= 4 is 11.6 Å². The second-order valence-electron chi connectivity index (χ2n) is 27.4. The molecular weight excluding hydrogens is 967 g/mol. The third-order valence-electron chi connectivity index (χ3n) is 23.8. The highest BCUT2D eigenvalue weighted by atomic mass is 16.5. The van der Waals surface area contributed by atoms with Gasteiger partial charge in [0, 0.05) is 97.6 Å². The first-order valence-electron chi connectivity index (χ1n) is 29.0. The molecule has 8 fully saturated rings. The lowest BCUT2D eigenvalue weighted by atomic mass is 9.51. The number of rotatable bonds is 6. The van der Waals surface area contributed by atoms with E-state index >= 15 is 0 Å². The Morgan fingerprint density at radius 3 is 1.38 bits per heavy atom. The molecule has 77 heavy (non-hydrogen) atoms. The zero-order valence-electron chi connectivity index (χ0n) is 43.9. The smallest absolute Gasteiger partial charge is 0.174 e. The Labute approximate surface area is 458 Å². The molecule has 3 aromatic rings. The van der Waals surface area contributed by atoms with Crippen molar-refractivity contribution in [3.8, 4) is 34.5 Å². The van der Waals surface area contributed by atoms with Crippen LogP contribution >= 0.6 is 0 Å². The van der Waals surface area contributed by atoms with Crippen LogP contribution in [0.5, 0.6) is 34.5 Å². The van der Waals surface area contributed by atoms with Crippen molar-refractivity contribution in [1.29, 1.82) is 0 Å². The maximum absolute atomic E-state index is 12.8. The molecular formula is C65H90N3O9+3. The van der Waals surface area contributed by atoms with Gasteiger partial charge < -0.3 is 48.1 Å². The largest absolute Gasteiger partial charge is 0.504 e. The van der Waals surface area contributed by atoms with E-state index in [2.05, 4.69) is 52.0 Å². The first-order chi connectivity index (χ1) is 35.6. The molecule has 14 aliphatic rings. The van der Waals surface area contributed by atoms with Gasteiger partial charge in [0.2, 0.25) is 0 Å². The third kappa shape index (κ3) is 6.95. The van der Waals surface area contributed by atoms with Gasteiger partial charge in [0.25, 0.3) is 0 Å². The fraction of sp³-hybridized carbons (Fsp3) is 0.662. The number of hydrogen-bond acceptors (Lipinski definition) is 9. The van der Waals surface area contributed by atoms with Gasteiger partial charge in [0.1, 0.15) is 6.10 Å². The number of likely N-dealkylation sites (tertiary alicyclic amines) is 3. The Morgan fingerprint density at radius 1 is 0.545 bits per heavy atom. The average Bonchev–Trinajstić information content (AvgIpc) is 4.49. The molecule has 12 heteroatoms. The summed E-state index contributed by atoms with van der Waals surface area (Å²) >= 11 is 0. The highest BCUT2D eigenvalue weighted by Crippen LogP contribution is 2.68. The van der Waals surface area contributed by atoms with Crippen LogP contribution in [0.3, 0.4) is 0 Å². The van der Waals surface area contributed by atoms with Crippen molar-refractivity contribution in [3.05, 3.63) is 82.4 Å². The van der Waals surface area contributed by atoms with E-state index in [1.54, 1.807) is 18.2 Å². The first-order valence-corrected chi connectivity index (χ1v) is 29.0. The van der Waals surface area contributed by atoms with Crippen LogP contribution in [0.2, 0.25) is 0 Å². The lowest BCUT2D eigenvalue weighted by Crippen LogP contribution is -2.72. The van der Waals surface area contributed by atoms with E-state index in [0.29, 0.717) is 66.0 Å². The lowest BCUT2D eigenvalue weighted by Gasteiger charge is -2.61. The summed E-state index contributed by atoms with van der Waals surface area (Å²) in [5, 5.41) is 41.8. The van der Waals surface area contributed by atoms with E-state index in [-0.39, 0.29) is 85.7 Å². The zero-order chi connectivity index (χ0) is 50.6. The summed E-state index contributed by atoms with van der Waals surface area (Å²) in [6.07, 6.45) is 17.7. The SMILES string of the molecule is C.C.C.C=CC[N@+]1(C)CC[C@@]23c4c5ccc(O)c4OC2[C@H](O)CCC3C1C5.C[N@+]1(CC2CC2)CC[C@@]23c4c5ccc(O)c4OC2C(=O)CCC3C1C5.C[N@@+]1(CC2CC2)CC[C@@]23c4c5ccc(O)c4OC2C(=O)CCC3C1C5. The van der Waals surface area contributed by atoms with Gasteiger partial charge in [-0.15, -0.1) is 0 Å². The van der Waals surface area contributed by atoms with Crippen molar-refractivity contribution < 1.29 is 57.7 Å². The number of piperidine rings is 3. The number of carbonyl (C=O) groups is 2. The van der Waals surface area contributed by atoms with Gasteiger partial charge in [-0.05, 0) is 92.3 Å². The van der Waals surface area contributed by atoms with Crippen LogP contribution in [0.4, 0.5) is 0 Å². The summed E-state index contributed by atoms with van der Waals surface area (Å²) in [4.78, 5) is 25.5. The van der Waals surface area contributed by atoms with Gasteiger partial charge in [-0.1, -0.05) is 47.1 Å². The van der Waals surface area contributed by atoms with Gasteiger partial charge in [-0.3, -0.25) is 9.59 Å². The number of phenols is 3. The molecule has 416 valence electrons.